The molecule has 0 radical (unpaired) electrons. The molecule has 50 heavy (non-hydrogen) atoms. The number of furan rings is 1. The molecule has 0 spiro atoms. The van der Waals surface area contributed by atoms with E-state index >= 15 is 0 Å². The van der Waals surface area contributed by atoms with Crippen molar-refractivity contribution in [3.8, 4) is 16.8 Å². The van der Waals surface area contributed by atoms with Crippen LogP contribution in [0, 0.1) is 0 Å². The Morgan fingerprint density at radius 2 is 1.36 bits per heavy atom. The molecule has 236 valence electrons. The van der Waals surface area contributed by atoms with Crippen molar-refractivity contribution in [1.29, 1.82) is 0 Å². The quantitative estimate of drug-likeness (QED) is 0.202. The highest BCUT2D eigenvalue weighted by Crippen LogP contribution is 2.38. The van der Waals surface area contributed by atoms with E-state index < -0.39 is 24.3 Å². The van der Waals surface area contributed by atoms with Crippen LogP contribution in [-0.2, 0) is 0 Å². The number of hydrogen-bond donors (Lipinski definition) is 1. The predicted octanol–water partition coefficient (Wildman–Crippen LogP) is 10.8. The number of hydrogen-bond acceptors (Lipinski definition) is 4. The molecule has 1 aliphatic rings. The maximum absolute atomic E-state index is 8.76. The maximum atomic E-state index is 8.76. The molecular formula is C45H30N4O. The molecule has 0 bridgehead atoms. The van der Waals surface area contributed by atoms with Crippen LogP contribution in [0.25, 0.3) is 60.6 Å². The lowest BCUT2D eigenvalue weighted by atomic mass is 10.0. The SMILES string of the molecule is [2H]c1c([2H])c([2H])c(C2N=C(c3cccc4oc5ccc(-n6c7ccccc7c7ccc(-c8ccccc8)cc76)cc5c34)N=C(c3ccccc3)N2)c([2H])c1[2H]. The molecule has 2 aromatic heterocycles. The molecule has 5 heteroatoms. The number of aromatic nitrogens is 1. The molecule has 0 aliphatic carbocycles. The number of rotatable bonds is 5. The zero-order chi connectivity index (χ0) is 37.4. The lowest BCUT2D eigenvalue weighted by Crippen LogP contribution is -2.33. The van der Waals surface area contributed by atoms with Crippen LogP contribution in [0.15, 0.2) is 184 Å². The van der Waals surface area contributed by atoms with E-state index in [-0.39, 0.29) is 17.6 Å². The van der Waals surface area contributed by atoms with Crippen LogP contribution in [0.3, 0.4) is 0 Å². The topological polar surface area (TPSA) is 54.8 Å². The van der Waals surface area contributed by atoms with Crippen molar-refractivity contribution in [1.82, 2.24) is 9.88 Å². The minimum Gasteiger partial charge on any atom is -0.456 e. The van der Waals surface area contributed by atoms with Crippen LogP contribution in [-0.4, -0.2) is 16.2 Å². The Kier molecular flexibility index (Phi) is 5.41. The summed E-state index contributed by atoms with van der Waals surface area (Å²) in [7, 11) is 0. The van der Waals surface area contributed by atoms with E-state index in [9.17, 15) is 0 Å². The molecule has 7 aromatic carbocycles. The van der Waals surface area contributed by atoms with Crippen LogP contribution in [0.1, 0.15) is 29.7 Å². The number of nitrogens with one attached hydrogen (secondary N) is 1. The lowest BCUT2D eigenvalue weighted by molar-refractivity contribution is 0.668. The zero-order valence-corrected chi connectivity index (χ0v) is 26.6. The number of benzene rings is 7. The fourth-order valence-corrected chi connectivity index (χ4v) is 7.06. The minimum absolute atomic E-state index is 0.0413. The lowest BCUT2D eigenvalue weighted by Gasteiger charge is -2.23. The monoisotopic (exact) mass is 647 g/mol. The summed E-state index contributed by atoms with van der Waals surface area (Å²) in [5, 5.41) is 7.24. The fraction of sp³-hybridized carbons (Fsp3) is 0.0222. The molecule has 0 amide bonds. The second kappa shape index (κ2) is 11.5. The Bertz CT molecular complexity index is 3050. The smallest absolute Gasteiger partial charge is 0.160 e. The van der Waals surface area contributed by atoms with Crippen molar-refractivity contribution in [2.45, 2.75) is 6.17 Å². The first kappa shape index (κ1) is 23.6. The molecule has 0 saturated heterocycles. The first-order valence-electron chi connectivity index (χ1n) is 19.0. The van der Waals surface area contributed by atoms with Gasteiger partial charge in [0.25, 0.3) is 0 Å². The summed E-state index contributed by atoms with van der Waals surface area (Å²) in [6, 6.07) is 44.9. The third-order valence-electron chi connectivity index (χ3n) is 9.34. The van der Waals surface area contributed by atoms with Crippen LogP contribution < -0.4 is 5.32 Å². The molecule has 10 rings (SSSR count). The standard InChI is InChI=1S/C45H30N4O/c1-4-13-29(14-5-1)32-23-25-35-34-19-10-11-21-38(34)49(39(35)27-32)33-24-26-40-37(28-33)42-36(20-12-22-41(42)50-40)45-47-43(30-15-6-2-7-16-30)46-44(48-45)31-17-8-3-9-18-31/h1-28,43H,(H,46,47,48)/i2D,6D,7D,15D,16D. The Balaban J connectivity index is 1.20. The Morgan fingerprint density at radius 3 is 2.20 bits per heavy atom. The van der Waals surface area contributed by atoms with E-state index in [1.54, 1.807) is 0 Å². The second-order valence-electron chi connectivity index (χ2n) is 12.3. The van der Waals surface area contributed by atoms with Crippen molar-refractivity contribution >= 4 is 55.4 Å². The molecule has 1 unspecified atom stereocenters. The molecular weight excluding hydrogens is 613 g/mol. The van der Waals surface area contributed by atoms with Crippen molar-refractivity contribution in [2.24, 2.45) is 9.98 Å². The maximum Gasteiger partial charge on any atom is 0.160 e. The summed E-state index contributed by atoms with van der Waals surface area (Å²) in [5.41, 5.74) is 8.22. The van der Waals surface area contributed by atoms with Gasteiger partial charge in [-0.05, 0) is 53.1 Å². The highest BCUT2D eigenvalue weighted by Gasteiger charge is 2.24. The highest BCUT2D eigenvalue weighted by atomic mass is 16.3. The van der Waals surface area contributed by atoms with E-state index in [2.05, 4.69) is 88.7 Å². The average Bonchev–Trinajstić information content (AvgIpc) is 3.78. The third kappa shape index (κ3) is 4.63. The number of fused-ring (bicyclic) bond motifs is 6. The summed E-state index contributed by atoms with van der Waals surface area (Å²) >= 11 is 0. The molecule has 3 heterocycles. The van der Waals surface area contributed by atoms with E-state index in [1.807, 2.05) is 60.7 Å². The molecule has 1 N–H and O–H groups in total. The molecule has 0 saturated carbocycles. The molecule has 1 atom stereocenters. The molecule has 1 aliphatic heterocycles. The number of para-hydroxylation sites is 1. The average molecular weight is 648 g/mol. The molecule has 5 nitrogen and oxygen atoms in total. The van der Waals surface area contributed by atoms with Crippen LogP contribution >= 0.6 is 0 Å². The Morgan fingerprint density at radius 1 is 0.600 bits per heavy atom. The normalized spacial score (nSPS) is 16.0. The first-order valence-corrected chi connectivity index (χ1v) is 16.5. The van der Waals surface area contributed by atoms with Gasteiger partial charge in [-0.3, -0.25) is 0 Å². The van der Waals surface area contributed by atoms with E-state index in [1.165, 1.54) is 0 Å². The van der Waals surface area contributed by atoms with Crippen molar-refractivity contribution in [3.63, 3.8) is 0 Å². The zero-order valence-electron chi connectivity index (χ0n) is 31.6. The van der Waals surface area contributed by atoms with Gasteiger partial charge in [0.1, 0.15) is 23.2 Å². The van der Waals surface area contributed by atoms with E-state index in [0.29, 0.717) is 28.4 Å². The van der Waals surface area contributed by atoms with Gasteiger partial charge in [-0.2, -0.15) is 0 Å². The highest BCUT2D eigenvalue weighted by molar-refractivity contribution is 6.22. The van der Waals surface area contributed by atoms with Gasteiger partial charge < -0.3 is 14.3 Å². The number of nitrogens with zero attached hydrogens (tertiary/aromatic N) is 3. The summed E-state index contributed by atoms with van der Waals surface area (Å²) in [5.74, 6) is 0.810. The van der Waals surface area contributed by atoms with Gasteiger partial charge >= 0.3 is 0 Å². The Hall–Kier alpha value is -6.72. The fourth-order valence-electron chi connectivity index (χ4n) is 7.06. The number of amidine groups is 2. The van der Waals surface area contributed by atoms with Crippen LogP contribution in [0.5, 0.6) is 0 Å². The summed E-state index contributed by atoms with van der Waals surface area (Å²) in [6.07, 6.45) is -1.02. The van der Waals surface area contributed by atoms with Gasteiger partial charge in [0.2, 0.25) is 0 Å². The third-order valence-corrected chi connectivity index (χ3v) is 9.34. The van der Waals surface area contributed by atoms with Crippen LogP contribution in [0.4, 0.5) is 0 Å². The van der Waals surface area contributed by atoms with Gasteiger partial charge in [0.05, 0.1) is 17.9 Å². The predicted molar refractivity (Wildman–Crippen MR) is 205 cm³/mol. The van der Waals surface area contributed by atoms with Gasteiger partial charge in [-0.1, -0.05) is 133 Å². The van der Waals surface area contributed by atoms with E-state index in [0.717, 1.165) is 55.0 Å². The van der Waals surface area contributed by atoms with Gasteiger partial charge in [0.15, 0.2) is 5.84 Å². The largest absolute Gasteiger partial charge is 0.456 e. The van der Waals surface area contributed by atoms with Gasteiger partial charge in [-0.15, -0.1) is 0 Å². The van der Waals surface area contributed by atoms with Crippen molar-refractivity contribution in [3.05, 3.63) is 186 Å². The minimum atomic E-state index is -1.02. The summed E-state index contributed by atoms with van der Waals surface area (Å²) < 4.78 is 51.2. The van der Waals surface area contributed by atoms with Gasteiger partial charge in [0, 0.05) is 38.4 Å². The van der Waals surface area contributed by atoms with Crippen molar-refractivity contribution in [2.75, 3.05) is 0 Å². The second-order valence-corrected chi connectivity index (χ2v) is 12.3. The first-order chi connectivity index (χ1) is 26.9. The van der Waals surface area contributed by atoms with Crippen molar-refractivity contribution < 1.29 is 11.3 Å². The Labute approximate surface area is 295 Å². The number of aliphatic imine (C=N–C) groups is 2. The van der Waals surface area contributed by atoms with Crippen LogP contribution in [0.2, 0.25) is 0 Å². The molecule has 0 fully saturated rings. The summed E-state index contributed by atoms with van der Waals surface area (Å²) in [6.45, 7) is 0. The molecule has 9 aromatic rings. The van der Waals surface area contributed by atoms with E-state index in [4.69, 9.17) is 21.3 Å². The van der Waals surface area contributed by atoms with Gasteiger partial charge in [-0.25, -0.2) is 9.98 Å². The summed E-state index contributed by atoms with van der Waals surface area (Å²) in [4.78, 5) is 9.97.